The quantitative estimate of drug-likeness (QED) is 0.416. The Bertz CT molecular complexity index is 68.6. The normalized spacial score (nSPS) is 51.0. The van der Waals surface area contributed by atoms with Crippen LogP contribution < -0.4 is 5.32 Å². The molecular formula is C3H4Cl3N. The van der Waals surface area contributed by atoms with Crippen LogP contribution in [0.1, 0.15) is 0 Å². The van der Waals surface area contributed by atoms with Crippen molar-refractivity contribution in [3.05, 3.63) is 0 Å². The molecule has 3 atom stereocenters. The number of alkyl halides is 3. The largest absolute Gasteiger partial charge is 0.283 e. The molecule has 0 amide bonds. The lowest BCUT2D eigenvalue weighted by Gasteiger charge is -2.33. The molecule has 7 heavy (non-hydrogen) atoms. The molecule has 1 saturated heterocycles. The maximum atomic E-state index is 5.52. The van der Waals surface area contributed by atoms with Crippen LogP contribution in [0.25, 0.3) is 0 Å². The van der Waals surface area contributed by atoms with Crippen LogP contribution in [-0.2, 0) is 0 Å². The summed E-state index contributed by atoms with van der Waals surface area (Å²) in [5, 5.41) is 2.65. The monoisotopic (exact) mass is 159 g/mol. The lowest BCUT2D eigenvalue weighted by atomic mass is 10.3. The van der Waals surface area contributed by atoms with Gasteiger partial charge < -0.3 is 0 Å². The maximum Gasteiger partial charge on any atom is 0.103 e. The van der Waals surface area contributed by atoms with Crippen LogP contribution in [0.15, 0.2) is 0 Å². The summed E-state index contributed by atoms with van der Waals surface area (Å²) in [5.41, 5.74) is -0.270. The van der Waals surface area contributed by atoms with Crippen molar-refractivity contribution in [2.24, 2.45) is 0 Å². The van der Waals surface area contributed by atoms with Gasteiger partial charge in [0.2, 0.25) is 0 Å². The highest BCUT2D eigenvalue weighted by atomic mass is 35.5. The molecule has 0 saturated carbocycles. The molecule has 0 aliphatic carbocycles. The summed E-state index contributed by atoms with van der Waals surface area (Å²) in [5.74, 6) is 0. The highest BCUT2D eigenvalue weighted by molar-refractivity contribution is 6.37. The average molecular weight is 160 g/mol. The highest BCUT2D eigenvalue weighted by Gasteiger charge is 2.35. The van der Waals surface area contributed by atoms with E-state index >= 15 is 0 Å². The number of nitrogens with one attached hydrogen (secondary N) is 1. The van der Waals surface area contributed by atoms with E-state index in [0.29, 0.717) is 0 Å². The highest BCUT2D eigenvalue weighted by Crippen LogP contribution is 2.24. The van der Waals surface area contributed by atoms with Crippen molar-refractivity contribution in [3.63, 3.8) is 0 Å². The van der Waals surface area contributed by atoms with E-state index in [1.807, 2.05) is 0 Å². The summed E-state index contributed by atoms with van der Waals surface area (Å²) in [7, 11) is 0. The fourth-order valence-electron chi connectivity index (χ4n) is 0.366. The Kier molecular flexibility index (Phi) is 1.68. The first kappa shape index (κ1) is 5.96. The molecule has 0 spiro atoms. The lowest BCUT2D eigenvalue weighted by molar-refractivity contribution is 0.442. The predicted octanol–water partition coefficient (Wildman–Crippen LogP) is 1.33. The van der Waals surface area contributed by atoms with Crippen molar-refractivity contribution >= 4 is 34.8 Å². The minimum Gasteiger partial charge on any atom is -0.283 e. The molecule has 1 fully saturated rings. The second-order valence-electron chi connectivity index (χ2n) is 1.41. The van der Waals surface area contributed by atoms with Crippen LogP contribution in [-0.4, -0.2) is 16.4 Å². The van der Waals surface area contributed by atoms with Gasteiger partial charge in [0.05, 0.1) is 5.38 Å². The molecule has 1 aliphatic rings. The van der Waals surface area contributed by atoms with Gasteiger partial charge in [-0.15, -0.1) is 34.8 Å². The SMILES string of the molecule is ClC1N[C@H](Cl)C1Cl. The van der Waals surface area contributed by atoms with Gasteiger partial charge in [-0.1, -0.05) is 0 Å². The smallest absolute Gasteiger partial charge is 0.103 e. The fourth-order valence-corrected chi connectivity index (χ4v) is 1.21. The fraction of sp³-hybridized carbons (Fsp3) is 1.00. The summed E-state index contributed by atoms with van der Waals surface area (Å²) >= 11 is 16.5. The summed E-state index contributed by atoms with van der Waals surface area (Å²) in [6.07, 6.45) is 0. The lowest BCUT2D eigenvalue weighted by Crippen LogP contribution is -2.56. The van der Waals surface area contributed by atoms with Crippen molar-refractivity contribution < 1.29 is 0 Å². The molecule has 4 heteroatoms. The van der Waals surface area contributed by atoms with Gasteiger partial charge in [-0.2, -0.15) is 0 Å². The molecular weight excluding hydrogens is 156 g/mol. The van der Waals surface area contributed by atoms with E-state index in [1.165, 1.54) is 0 Å². The van der Waals surface area contributed by atoms with E-state index in [4.69, 9.17) is 34.8 Å². The summed E-state index contributed by atoms with van der Waals surface area (Å²) in [6, 6.07) is 0. The van der Waals surface area contributed by atoms with Gasteiger partial charge in [-0.3, -0.25) is 5.32 Å². The van der Waals surface area contributed by atoms with Gasteiger partial charge >= 0.3 is 0 Å². The van der Waals surface area contributed by atoms with Crippen molar-refractivity contribution in [3.8, 4) is 0 Å². The molecule has 1 nitrogen and oxygen atoms in total. The van der Waals surface area contributed by atoms with E-state index in [2.05, 4.69) is 5.32 Å². The summed E-state index contributed by atoms with van der Waals surface area (Å²) < 4.78 is 0. The van der Waals surface area contributed by atoms with E-state index in [1.54, 1.807) is 0 Å². The first-order valence-electron chi connectivity index (χ1n) is 1.90. The van der Waals surface area contributed by atoms with Gasteiger partial charge in [-0.25, -0.2) is 0 Å². The van der Waals surface area contributed by atoms with Crippen LogP contribution >= 0.6 is 34.8 Å². The summed E-state index contributed by atoms with van der Waals surface area (Å²) in [4.78, 5) is 0. The number of halogens is 3. The average Bonchev–Trinajstić information content (AvgIpc) is 1.68. The zero-order chi connectivity index (χ0) is 5.44. The van der Waals surface area contributed by atoms with Gasteiger partial charge in [0.1, 0.15) is 11.0 Å². The molecule has 2 unspecified atom stereocenters. The zero-order valence-corrected chi connectivity index (χ0v) is 5.63. The van der Waals surface area contributed by atoms with Gasteiger partial charge in [0, 0.05) is 0 Å². The van der Waals surface area contributed by atoms with Gasteiger partial charge in [-0.05, 0) is 0 Å². The molecule has 0 aromatic carbocycles. The standard InChI is InChI=1S/C3H4Cl3N/c4-1-2(5)7-3(1)6/h1-3,7H/t1?,2-,3?/m0/s1. The molecule has 1 aliphatic heterocycles. The molecule has 1 rings (SSSR count). The summed E-state index contributed by atoms with van der Waals surface area (Å²) in [6.45, 7) is 0. The Balaban J connectivity index is 2.29. The van der Waals surface area contributed by atoms with Crippen LogP contribution in [0.2, 0.25) is 0 Å². The first-order valence-corrected chi connectivity index (χ1v) is 3.21. The Labute approximate surface area is 56.9 Å². The van der Waals surface area contributed by atoms with E-state index < -0.39 is 0 Å². The Hall–Kier alpha value is 0.830. The second-order valence-corrected chi connectivity index (χ2v) is 2.86. The predicted molar refractivity (Wildman–Crippen MR) is 32.1 cm³/mol. The topological polar surface area (TPSA) is 12.0 Å². The van der Waals surface area contributed by atoms with Crippen LogP contribution in [0.5, 0.6) is 0 Å². The Morgan fingerprint density at radius 2 is 1.43 bits per heavy atom. The van der Waals surface area contributed by atoms with Crippen molar-refractivity contribution in [2.45, 2.75) is 16.4 Å². The zero-order valence-electron chi connectivity index (χ0n) is 3.37. The molecule has 0 radical (unpaired) electrons. The second kappa shape index (κ2) is 1.98. The van der Waals surface area contributed by atoms with Gasteiger partial charge in [0.15, 0.2) is 0 Å². The molecule has 0 aromatic heterocycles. The van der Waals surface area contributed by atoms with E-state index in [0.717, 1.165) is 0 Å². The van der Waals surface area contributed by atoms with Crippen LogP contribution in [0, 0.1) is 0 Å². The molecule has 0 bridgehead atoms. The third kappa shape index (κ3) is 0.968. The number of hydrogen-bond donors (Lipinski definition) is 1. The van der Waals surface area contributed by atoms with Crippen molar-refractivity contribution in [1.82, 2.24) is 5.32 Å². The van der Waals surface area contributed by atoms with Crippen molar-refractivity contribution in [1.29, 1.82) is 0 Å². The molecule has 0 aromatic rings. The third-order valence-corrected chi connectivity index (χ3v) is 2.43. The van der Waals surface area contributed by atoms with Crippen molar-refractivity contribution in [2.75, 3.05) is 0 Å². The molecule has 1 heterocycles. The van der Waals surface area contributed by atoms with Gasteiger partial charge in [0.25, 0.3) is 0 Å². The first-order chi connectivity index (χ1) is 3.22. The molecule has 1 N–H and O–H groups in total. The number of rotatable bonds is 0. The van der Waals surface area contributed by atoms with Crippen LogP contribution in [0.3, 0.4) is 0 Å². The molecule has 42 valence electrons. The maximum absolute atomic E-state index is 5.52. The van der Waals surface area contributed by atoms with Crippen LogP contribution in [0.4, 0.5) is 0 Å². The third-order valence-electron chi connectivity index (χ3n) is 0.878. The Morgan fingerprint density at radius 1 is 1.00 bits per heavy atom. The van der Waals surface area contributed by atoms with E-state index in [-0.39, 0.29) is 16.4 Å². The Morgan fingerprint density at radius 3 is 1.43 bits per heavy atom. The van der Waals surface area contributed by atoms with E-state index in [9.17, 15) is 0 Å². The minimum atomic E-state index is -0.135. The number of hydrogen-bond acceptors (Lipinski definition) is 1. The minimum absolute atomic E-state index is 0.108.